The van der Waals surface area contributed by atoms with Gasteiger partial charge in [-0.05, 0) is 47.9 Å². The highest BCUT2D eigenvalue weighted by Gasteiger charge is 2.33. The molecule has 1 aliphatic rings. The van der Waals surface area contributed by atoms with E-state index in [0.717, 1.165) is 5.75 Å². The minimum atomic E-state index is 0.395. The van der Waals surface area contributed by atoms with Gasteiger partial charge in [-0.2, -0.15) is 0 Å². The molecular formula is C20H24O. The van der Waals surface area contributed by atoms with Crippen molar-refractivity contribution in [3.63, 3.8) is 0 Å². The zero-order valence-corrected chi connectivity index (χ0v) is 12.8. The van der Waals surface area contributed by atoms with Crippen molar-refractivity contribution in [1.29, 1.82) is 0 Å². The van der Waals surface area contributed by atoms with Crippen LogP contribution in [0.5, 0.6) is 5.75 Å². The molecule has 1 heteroatoms. The molecule has 3 rings (SSSR count). The molecule has 0 N–H and O–H groups in total. The predicted octanol–water partition coefficient (Wildman–Crippen LogP) is 5.49. The van der Waals surface area contributed by atoms with Crippen LogP contribution in [0.3, 0.4) is 0 Å². The molecule has 0 saturated heterocycles. The van der Waals surface area contributed by atoms with Gasteiger partial charge in [-0.15, -0.1) is 0 Å². The maximum atomic E-state index is 5.98. The van der Waals surface area contributed by atoms with Gasteiger partial charge in [0, 0.05) is 0 Å². The Labute approximate surface area is 128 Å². The molecule has 1 aliphatic carbocycles. The summed E-state index contributed by atoms with van der Waals surface area (Å²) in [5.41, 5.74) is 3.08. The summed E-state index contributed by atoms with van der Waals surface area (Å²) in [6.45, 7) is 2.96. The number of ether oxygens (including phenoxy) is 1. The van der Waals surface area contributed by atoms with E-state index in [-0.39, 0.29) is 0 Å². The van der Waals surface area contributed by atoms with Crippen molar-refractivity contribution in [2.75, 3.05) is 0 Å². The summed E-state index contributed by atoms with van der Waals surface area (Å²) in [6.07, 6.45) is 6.61. The first-order chi connectivity index (χ1) is 10.3. The van der Waals surface area contributed by atoms with Crippen molar-refractivity contribution in [3.05, 3.63) is 65.7 Å². The van der Waals surface area contributed by atoms with Crippen molar-refractivity contribution in [2.45, 2.75) is 51.0 Å². The highest BCUT2D eigenvalue weighted by Crippen LogP contribution is 2.44. The highest BCUT2D eigenvalue weighted by molar-refractivity contribution is 5.35. The highest BCUT2D eigenvalue weighted by atomic mass is 16.5. The molecule has 0 amide bonds. The van der Waals surface area contributed by atoms with Crippen molar-refractivity contribution >= 4 is 0 Å². The van der Waals surface area contributed by atoms with Crippen molar-refractivity contribution in [2.24, 2.45) is 0 Å². The molecule has 110 valence electrons. The first kappa shape index (κ1) is 14.2. The number of hydrogen-bond acceptors (Lipinski definition) is 1. The van der Waals surface area contributed by atoms with Gasteiger partial charge in [0.05, 0.1) is 0 Å². The summed E-state index contributed by atoms with van der Waals surface area (Å²) in [5, 5.41) is 0. The Kier molecular flexibility index (Phi) is 4.28. The lowest BCUT2D eigenvalue weighted by Crippen LogP contribution is -2.20. The first-order valence-corrected chi connectivity index (χ1v) is 8.10. The third kappa shape index (κ3) is 3.12. The lowest BCUT2D eigenvalue weighted by atomic mass is 9.77. The summed E-state index contributed by atoms with van der Waals surface area (Å²) < 4.78 is 5.98. The zero-order valence-electron chi connectivity index (χ0n) is 12.8. The summed E-state index contributed by atoms with van der Waals surface area (Å²) in [4.78, 5) is 0. The van der Waals surface area contributed by atoms with Crippen LogP contribution in [0.2, 0.25) is 0 Å². The quantitative estimate of drug-likeness (QED) is 0.704. The Bertz CT molecular complexity index is 567. The van der Waals surface area contributed by atoms with Gasteiger partial charge in [0.15, 0.2) is 0 Å². The molecule has 0 aromatic heterocycles. The molecule has 0 heterocycles. The van der Waals surface area contributed by atoms with Crippen LogP contribution in [0.4, 0.5) is 0 Å². The predicted molar refractivity (Wildman–Crippen MR) is 87.7 cm³/mol. The van der Waals surface area contributed by atoms with E-state index >= 15 is 0 Å². The largest absolute Gasteiger partial charge is 0.489 e. The molecule has 1 saturated carbocycles. The Morgan fingerprint density at radius 2 is 1.71 bits per heavy atom. The Balaban J connectivity index is 1.74. The second kappa shape index (κ2) is 6.34. The van der Waals surface area contributed by atoms with Crippen LogP contribution in [0.25, 0.3) is 0 Å². The number of hydrogen-bond donors (Lipinski definition) is 0. The van der Waals surface area contributed by atoms with E-state index in [1.165, 1.54) is 43.2 Å². The summed E-state index contributed by atoms with van der Waals surface area (Å²) in [6, 6.07) is 19.1. The molecule has 1 fully saturated rings. The molecule has 0 spiro atoms. The Morgan fingerprint density at radius 3 is 2.43 bits per heavy atom. The number of rotatable bonds is 5. The van der Waals surface area contributed by atoms with E-state index in [2.05, 4.69) is 55.5 Å². The minimum absolute atomic E-state index is 0.395. The minimum Gasteiger partial charge on any atom is -0.489 e. The van der Waals surface area contributed by atoms with E-state index in [4.69, 9.17) is 4.74 Å². The molecule has 0 aliphatic heterocycles. The fourth-order valence-electron chi connectivity index (χ4n) is 3.55. The van der Waals surface area contributed by atoms with Gasteiger partial charge in [0.2, 0.25) is 0 Å². The monoisotopic (exact) mass is 280 g/mol. The molecule has 0 atom stereocenters. The molecule has 2 aromatic carbocycles. The average Bonchev–Trinajstić information content (AvgIpc) is 3.04. The third-order valence-electron chi connectivity index (χ3n) is 4.93. The van der Waals surface area contributed by atoms with E-state index < -0.39 is 0 Å². The fourth-order valence-corrected chi connectivity index (χ4v) is 3.55. The standard InChI is InChI=1S/C20H24O/c1-2-20(13-6-7-14-20)18-11-8-12-19(15-18)21-16-17-9-4-3-5-10-17/h3-5,8-12,15H,2,6-7,13-14,16H2,1H3. The van der Waals surface area contributed by atoms with Crippen LogP contribution >= 0.6 is 0 Å². The van der Waals surface area contributed by atoms with Gasteiger partial charge in [0.25, 0.3) is 0 Å². The normalized spacial score (nSPS) is 16.8. The second-order valence-corrected chi connectivity index (χ2v) is 6.14. The molecule has 21 heavy (non-hydrogen) atoms. The molecular weight excluding hydrogens is 256 g/mol. The maximum absolute atomic E-state index is 5.98. The Morgan fingerprint density at radius 1 is 0.952 bits per heavy atom. The summed E-state index contributed by atoms with van der Waals surface area (Å²) in [5.74, 6) is 0.996. The maximum Gasteiger partial charge on any atom is 0.120 e. The van der Waals surface area contributed by atoms with Crippen molar-refractivity contribution in [3.8, 4) is 5.75 Å². The SMILES string of the molecule is CCC1(c2cccc(OCc3ccccc3)c2)CCCC1. The van der Waals surface area contributed by atoms with Gasteiger partial charge < -0.3 is 4.74 Å². The van der Waals surface area contributed by atoms with Crippen LogP contribution in [0, 0.1) is 0 Å². The second-order valence-electron chi connectivity index (χ2n) is 6.14. The fraction of sp³-hybridized carbons (Fsp3) is 0.400. The molecule has 0 radical (unpaired) electrons. The van der Waals surface area contributed by atoms with Gasteiger partial charge >= 0.3 is 0 Å². The summed E-state index contributed by atoms with van der Waals surface area (Å²) >= 11 is 0. The molecule has 0 unspecified atom stereocenters. The molecule has 1 nitrogen and oxygen atoms in total. The van der Waals surface area contributed by atoms with Gasteiger partial charge in [-0.1, -0.05) is 62.2 Å². The first-order valence-electron chi connectivity index (χ1n) is 8.10. The average molecular weight is 280 g/mol. The van der Waals surface area contributed by atoms with Crippen molar-refractivity contribution < 1.29 is 4.74 Å². The summed E-state index contributed by atoms with van der Waals surface area (Å²) in [7, 11) is 0. The van der Waals surface area contributed by atoms with E-state index in [9.17, 15) is 0 Å². The smallest absolute Gasteiger partial charge is 0.120 e. The van der Waals surface area contributed by atoms with Crippen LogP contribution in [0.15, 0.2) is 54.6 Å². The number of benzene rings is 2. The lowest BCUT2D eigenvalue weighted by molar-refractivity contribution is 0.304. The van der Waals surface area contributed by atoms with Crippen LogP contribution in [-0.4, -0.2) is 0 Å². The zero-order chi connectivity index (χ0) is 14.5. The van der Waals surface area contributed by atoms with Gasteiger partial charge in [0.1, 0.15) is 12.4 Å². The molecule has 2 aromatic rings. The third-order valence-corrected chi connectivity index (χ3v) is 4.93. The Hall–Kier alpha value is -1.76. The van der Waals surface area contributed by atoms with Gasteiger partial charge in [-0.3, -0.25) is 0 Å². The lowest BCUT2D eigenvalue weighted by Gasteiger charge is -2.28. The van der Waals surface area contributed by atoms with E-state index in [1.54, 1.807) is 0 Å². The van der Waals surface area contributed by atoms with Crippen LogP contribution < -0.4 is 4.74 Å². The van der Waals surface area contributed by atoms with E-state index in [1.807, 2.05) is 6.07 Å². The topological polar surface area (TPSA) is 9.23 Å². The van der Waals surface area contributed by atoms with E-state index in [0.29, 0.717) is 12.0 Å². The van der Waals surface area contributed by atoms with Crippen molar-refractivity contribution in [1.82, 2.24) is 0 Å². The van der Waals surface area contributed by atoms with Crippen LogP contribution in [0.1, 0.15) is 50.2 Å². The van der Waals surface area contributed by atoms with Crippen LogP contribution in [-0.2, 0) is 12.0 Å². The van der Waals surface area contributed by atoms with Gasteiger partial charge in [-0.25, -0.2) is 0 Å². The molecule has 0 bridgehead atoms.